The number of piperidine rings is 1. The van der Waals surface area contributed by atoms with Crippen LogP contribution in [0.2, 0.25) is 25.7 Å². The summed E-state index contributed by atoms with van der Waals surface area (Å²) in [5.74, 6) is 0.880. The lowest BCUT2D eigenvalue weighted by Crippen LogP contribution is -2.55. The highest BCUT2D eigenvalue weighted by molar-refractivity contribution is 6.76. The van der Waals surface area contributed by atoms with Crippen LogP contribution in [-0.2, 0) is 16.2 Å². The van der Waals surface area contributed by atoms with Crippen molar-refractivity contribution >= 4 is 31.1 Å². The molecule has 0 aromatic carbocycles. The summed E-state index contributed by atoms with van der Waals surface area (Å²) in [5, 5.41) is 0. The fourth-order valence-corrected chi connectivity index (χ4v) is 5.29. The first kappa shape index (κ1) is 24.7. The quantitative estimate of drug-likeness (QED) is 0.330. The van der Waals surface area contributed by atoms with Crippen LogP contribution in [-0.4, -0.2) is 71.0 Å². The van der Waals surface area contributed by atoms with Crippen LogP contribution >= 0.6 is 0 Å². The maximum atomic E-state index is 12.8. The Morgan fingerprint density at radius 1 is 1.21 bits per heavy atom. The van der Waals surface area contributed by atoms with Gasteiger partial charge in [0.1, 0.15) is 23.7 Å². The van der Waals surface area contributed by atoms with Gasteiger partial charge in [-0.25, -0.2) is 14.8 Å². The first-order valence-electron chi connectivity index (χ1n) is 12.3. The molecule has 186 valence electrons. The predicted octanol–water partition coefficient (Wildman–Crippen LogP) is 4.89. The standard InChI is InChI=1S/C25H39N5O3Si/c1-24(2,3)33-23(31)30-12-7-9-25(30)10-14-28(15-11-25)21-18-26-22-20(27-21)8-13-29(22)19-32-16-17-34(4,5)6/h7-9,13,18H,10-12,14-17,19H2,1-6H3. The number of ether oxygens (including phenoxy) is 2. The molecule has 2 aromatic rings. The van der Waals surface area contributed by atoms with E-state index in [0.717, 1.165) is 55.6 Å². The van der Waals surface area contributed by atoms with Gasteiger partial charge in [0.05, 0.1) is 11.7 Å². The van der Waals surface area contributed by atoms with Crippen molar-refractivity contribution in [3.05, 3.63) is 30.6 Å². The Labute approximate surface area is 203 Å². The van der Waals surface area contributed by atoms with Crippen LogP contribution < -0.4 is 4.90 Å². The second-order valence-corrected chi connectivity index (χ2v) is 17.3. The van der Waals surface area contributed by atoms with E-state index in [-0.39, 0.29) is 11.6 Å². The first-order chi connectivity index (χ1) is 16.0. The molecule has 0 radical (unpaired) electrons. The molecule has 2 aromatic heterocycles. The lowest BCUT2D eigenvalue weighted by Gasteiger charge is -2.44. The molecule has 0 bridgehead atoms. The monoisotopic (exact) mass is 485 g/mol. The van der Waals surface area contributed by atoms with Gasteiger partial charge in [0, 0.05) is 40.5 Å². The number of carbonyl (C=O) groups is 1. The number of fused-ring (bicyclic) bond motifs is 1. The zero-order valence-corrected chi connectivity index (χ0v) is 22.5. The van der Waals surface area contributed by atoms with Gasteiger partial charge >= 0.3 is 6.09 Å². The van der Waals surface area contributed by atoms with E-state index in [0.29, 0.717) is 13.3 Å². The number of carbonyl (C=O) groups excluding carboxylic acids is 1. The highest BCUT2D eigenvalue weighted by Crippen LogP contribution is 2.36. The Bertz CT molecular complexity index is 1040. The van der Waals surface area contributed by atoms with E-state index in [2.05, 4.69) is 36.7 Å². The van der Waals surface area contributed by atoms with Crippen molar-refractivity contribution < 1.29 is 14.3 Å². The first-order valence-corrected chi connectivity index (χ1v) is 16.0. The molecular weight excluding hydrogens is 446 g/mol. The molecule has 0 saturated carbocycles. The average Bonchev–Trinajstić information content (AvgIpc) is 3.34. The second-order valence-electron chi connectivity index (χ2n) is 11.7. The minimum Gasteiger partial charge on any atom is -0.444 e. The summed E-state index contributed by atoms with van der Waals surface area (Å²) in [4.78, 5) is 26.5. The Hall–Kier alpha value is -2.39. The molecule has 4 heterocycles. The fourth-order valence-electron chi connectivity index (χ4n) is 4.53. The Kier molecular flexibility index (Phi) is 6.79. The van der Waals surface area contributed by atoms with Crippen molar-refractivity contribution in [2.24, 2.45) is 0 Å². The van der Waals surface area contributed by atoms with Crippen molar-refractivity contribution in [2.45, 2.75) is 77.2 Å². The molecule has 9 heteroatoms. The number of hydrogen-bond acceptors (Lipinski definition) is 6. The van der Waals surface area contributed by atoms with Crippen LogP contribution in [0.15, 0.2) is 30.6 Å². The molecule has 0 N–H and O–H groups in total. The molecule has 1 amide bonds. The van der Waals surface area contributed by atoms with E-state index in [1.54, 1.807) is 0 Å². The van der Waals surface area contributed by atoms with Crippen LogP contribution in [0, 0.1) is 0 Å². The number of amides is 1. The van der Waals surface area contributed by atoms with Crippen molar-refractivity contribution in [1.82, 2.24) is 19.4 Å². The van der Waals surface area contributed by atoms with E-state index < -0.39 is 13.7 Å². The van der Waals surface area contributed by atoms with Crippen LogP contribution in [0.1, 0.15) is 33.6 Å². The van der Waals surface area contributed by atoms with E-state index >= 15 is 0 Å². The van der Waals surface area contributed by atoms with Gasteiger partial charge in [-0.05, 0) is 45.7 Å². The molecular formula is C25H39N5O3Si. The van der Waals surface area contributed by atoms with Gasteiger partial charge in [0.2, 0.25) is 0 Å². The van der Waals surface area contributed by atoms with Gasteiger partial charge in [-0.3, -0.25) is 4.90 Å². The predicted molar refractivity (Wildman–Crippen MR) is 138 cm³/mol. The molecule has 1 fully saturated rings. The van der Waals surface area contributed by atoms with Crippen LogP contribution in [0.4, 0.5) is 10.6 Å². The number of aromatic nitrogens is 3. The summed E-state index contributed by atoms with van der Waals surface area (Å²) in [6, 6.07) is 3.15. The summed E-state index contributed by atoms with van der Waals surface area (Å²) in [5.41, 5.74) is 0.956. The molecule has 1 spiro atoms. The van der Waals surface area contributed by atoms with Crippen LogP contribution in [0.3, 0.4) is 0 Å². The van der Waals surface area contributed by atoms with E-state index in [9.17, 15) is 4.79 Å². The smallest absolute Gasteiger partial charge is 0.411 e. The Morgan fingerprint density at radius 3 is 2.62 bits per heavy atom. The molecule has 4 rings (SSSR count). The summed E-state index contributed by atoms with van der Waals surface area (Å²) in [6.07, 6.45) is 9.57. The van der Waals surface area contributed by atoms with E-state index in [4.69, 9.17) is 19.4 Å². The average molecular weight is 486 g/mol. The fraction of sp³-hybridized carbons (Fsp3) is 0.640. The molecule has 1 saturated heterocycles. The van der Waals surface area contributed by atoms with Gasteiger partial charge in [0.25, 0.3) is 0 Å². The molecule has 34 heavy (non-hydrogen) atoms. The summed E-state index contributed by atoms with van der Waals surface area (Å²) in [6.45, 7) is 16.3. The molecule has 8 nitrogen and oxygen atoms in total. The second kappa shape index (κ2) is 9.34. The SMILES string of the molecule is CC(C)(C)OC(=O)N1CC=CC12CCN(c1cnc3c(ccn3COCC[Si](C)(C)C)n1)CC2. The zero-order valence-electron chi connectivity index (χ0n) is 21.5. The van der Waals surface area contributed by atoms with Crippen molar-refractivity contribution in [3.8, 4) is 0 Å². The lowest BCUT2D eigenvalue weighted by atomic mass is 9.87. The highest BCUT2D eigenvalue weighted by atomic mass is 28.3. The van der Waals surface area contributed by atoms with E-state index in [1.807, 2.05) is 48.7 Å². The number of hydrogen-bond donors (Lipinski definition) is 0. The number of anilines is 1. The van der Waals surface area contributed by atoms with Gasteiger partial charge in [-0.2, -0.15) is 0 Å². The van der Waals surface area contributed by atoms with Gasteiger partial charge in [-0.15, -0.1) is 0 Å². The summed E-state index contributed by atoms with van der Waals surface area (Å²) in [7, 11) is -1.09. The third kappa shape index (κ3) is 5.63. The molecule has 2 aliphatic rings. The molecule has 0 unspecified atom stereocenters. The van der Waals surface area contributed by atoms with Crippen molar-refractivity contribution in [1.29, 1.82) is 0 Å². The molecule has 0 atom stereocenters. The molecule has 0 aliphatic carbocycles. The van der Waals surface area contributed by atoms with Crippen molar-refractivity contribution in [3.63, 3.8) is 0 Å². The normalized spacial score (nSPS) is 18.3. The summed E-state index contributed by atoms with van der Waals surface area (Å²) >= 11 is 0. The third-order valence-corrected chi connectivity index (χ3v) is 8.20. The topological polar surface area (TPSA) is 72.7 Å². The van der Waals surface area contributed by atoms with Crippen molar-refractivity contribution in [2.75, 3.05) is 31.1 Å². The maximum Gasteiger partial charge on any atom is 0.411 e. The lowest BCUT2D eigenvalue weighted by molar-refractivity contribution is 0.00812. The Morgan fingerprint density at radius 2 is 1.94 bits per heavy atom. The third-order valence-electron chi connectivity index (χ3n) is 6.50. The number of rotatable bonds is 6. The minimum absolute atomic E-state index is 0.236. The number of nitrogens with zero attached hydrogens (tertiary/aromatic N) is 5. The van der Waals surface area contributed by atoms with Gasteiger partial charge in [-0.1, -0.05) is 31.8 Å². The Balaban J connectivity index is 1.38. The maximum absolute atomic E-state index is 12.8. The van der Waals surface area contributed by atoms with Gasteiger partial charge in [0.15, 0.2) is 5.65 Å². The van der Waals surface area contributed by atoms with Crippen LogP contribution in [0.25, 0.3) is 11.2 Å². The largest absolute Gasteiger partial charge is 0.444 e. The summed E-state index contributed by atoms with van der Waals surface area (Å²) < 4.78 is 13.6. The minimum atomic E-state index is -1.09. The van der Waals surface area contributed by atoms with Gasteiger partial charge < -0.3 is 18.9 Å². The highest BCUT2D eigenvalue weighted by Gasteiger charge is 2.44. The van der Waals surface area contributed by atoms with E-state index in [1.165, 1.54) is 0 Å². The zero-order chi connectivity index (χ0) is 24.6. The molecule has 2 aliphatic heterocycles. The van der Waals surface area contributed by atoms with Crippen LogP contribution in [0.5, 0.6) is 0 Å².